The molecule has 1 unspecified atom stereocenters. The average molecular weight is 247 g/mol. The van der Waals surface area contributed by atoms with Crippen LogP contribution in [0.25, 0.3) is 0 Å². The SMILES string of the molecule is Cc1cc(C2CCCNC2)cc(C(C)(C)C)c1O. The lowest BCUT2D eigenvalue weighted by atomic mass is 9.81. The topological polar surface area (TPSA) is 32.3 Å². The van der Waals surface area contributed by atoms with Crippen molar-refractivity contribution in [3.63, 3.8) is 0 Å². The summed E-state index contributed by atoms with van der Waals surface area (Å²) >= 11 is 0. The minimum absolute atomic E-state index is 0.00700. The quantitative estimate of drug-likeness (QED) is 0.796. The van der Waals surface area contributed by atoms with Crippen LogP contribution in [-0.2, 0) is 5.41 Å². The molecule has 1 saturated heterocycles. The normalized spacial score (nSPS) is 21.0. The molecule has 0 bridgehead atoms. The highest BCUT2D eigenvalue weighted by Gasteiger charge is 2.23. The fourth-order valence-corrected chi connectivity index (χ4v) is 2.75. The largest absolute Gasteiger partial charge is 0.507 e. The summed E-state index contributed by atoms with van der Waals surface area (Å²) in [5, 5.41) is 13.7. The van der Waals surface area contributed by atoms with Crippen molar-refractivity contribution in [3.8, 4) is 5.75 Å². The lowest BCUT2D eigenvalue weighted by molar-refractivity contribution is 0.436. The Labute approximate surface area is 110 Å². The number of rotatable bonds is 1. The van der Waals surface area contributed by atoms with Gasteiger partial charge in [0.1, 0.15) is 5.75 Å². The van der Waals surface area contributed by atoms with E-state index in [0.29, 0.717) is 11.7 Å². The zero-order chi connectivity index (χ0) is 13.3. The molecule has 2 N–H and O–H groups in total. The van der Waals surface area contributed by atoms with E-state index >= 15 is 0 Å². The summed E-state index contributed by atoms with van der Waals surface area (Å²) in [5.41, 5.74) is 3.45. The standard InChI is InChI=1S/C16H25NO/c1-11-8-13(12-6-5-7-17-10-12)9-14(15(11)18)16(2,3)4/h8-9,12,17-18H,5-7,10H2,1-4H3. The third-order valence-corrected chi connectivity index (χ3v) is 3.90. The Morgan fingerprint density at radius 2 is 2.00 bits per heavy atom. The van der Waals surface area contributed by atoms with Gasteiger partial charge in [-0.05, 0) is 54.3 Å². The molecule has 1 atom stereocenters. The Morgan fingerprint density at radius 3 is 2.56 bits per heavy atom. The number of hydrogen-bond acceptors (Lipinski definition) is 2. The second-order valence-corrected chi connectivity index (χ2v) is 6.53. The zero-order valence-corrected chi connectivity index (χ0v) is 12.0. The van der Waals surface area contributed by atoms with Gasteiger partial charge in [0.05, 0.1) is 0 Å². The summed E-state index contributed by atoms with van der Waals surface area (Å²) in [6, 6.07) is 4.36. The Morgan fingerprint density at radius 1 is 1.28 bits per heavy atom. The lowest BCUT2D eigenvalue weighted by Gasteiger charge is -2.27. The van der Waals surface area contributed by atoms with Gasteiger partial charge >= 0.3 is 0 Å². The van der Waals surface area contributed by atoms with Crippen molar-refractivity contribution in [2.24, 2.45) is 0 Å². The maximum Gasteiger partial charge on any atom is 0.122 e. The Bertz CT molecular complexity index is 425. The average Bonchev–Trinajstić information content (AvgIpc) is 2.32. The van der Waals surface area contributed by atoms with Crippen molar-refractivity contribution in [1.82, 2.24) is 5.32 Å². The number of phenolic OH excluding ortho intramolecular Hbond substituents is 1. The van der Waals surface area contributed by atoms with E-state index in [0.717, 1.165) is 24.2 Å². The Kier molecular flexibility index (Phi) is 3.67. The molecule has 0 aromatic heterocycles. The molecule has 0 saturated carbocycles. The molecular weight excluding hydrogens is 222 g/mol. The maximum absolute atomic E-state index is 10.2. The number of phenols is 1. The first kappa shape index (κ1) is 13.4. The molecular formula is C16H25NO. The smallest absolute Gasteiger partial charge is 0.122 e. The molecule has 2 nitrogen and oxygen atoms in total. The van der Waals surface area contributed by atoms with E-state index in [1.165, 1.54) is 18.4 Å². The Balaban J connectivity index is 2.40. The van der Waals surface area contributed by atoms with E-state index < -0.39 is 0 Å². The molecule has 1 aliphatic rings. The van der Waals surface area contributed by atoms with E-state index in [-0.39, 0.29) is 5.41 Å². The number of benzene rings is 1. The van der Waals surface area contributed by atoms with Gasteiger partial charge in [-0.15, -0.1) is 0 Å². The fraction of sp³-hybridized carbons (Fsp3) is 0.625. The predicted octanol–water partition coefficient (Wildman–Crippen LogP) is 3.47. The van der Waals surface area contributed by atoms with Gasteiger partial charge in [-0.25, -0.2) is 0 Å². The Hall–Kier alpha value is -1.02. The van der Waals surface area contributed by atoms with Crippen LogP contribution in [0.15, 0.2) is 12.1 Å². The van der Waals surface area contributed by atoms with Gasteiger partial charge in [-0.2, -0.15) is 0 Å². The highest BCUT2D eigenvalue weighted by atomic mass is 16.3. The van der Waals surface area contributed by atoms with Gasteiger partial charge in [-0.1, -0.05) is 32.9 Å². The first-order chi connectivity index (χ1) is 8.39. The van der Waals surface area contributed by atoms with Gasteiger partial charge in [0.2, 0.25) is 0 Å². The summed E-state index contributed by atoms with van der Waals surface area (Å²) in [4.78, 5) is 0. The number of aromatic hydroxyl groups is 1. The van der Waals surface area contributed by atoms with Gasteiger partial charge in [0, 0.05) is 6.54 Å². The van der Waals surface area contributed by atoms with Crippen molar-refractivity contribution < 1.29 is 5.11 Å². The number of nitrogens with one attached hydrogen (secondary N) is 1. The third-order valence-electron chi connectivity index (χ3n) is 3.90. The van der Waals surface area contributed by atoms with Crippen LogP contribution in [0.5, 0.6) is 5.75 Å². The molecule has 1 aromatic rings. The van der Waals surface area contributed by atoms with Crippen LogP contribution in [0.1, 0.15) is 56.2 Å². The van der Waals surface area contributed by atoms with Crippen LogP contribution in [0.3, 0.4) is 0 Å². The minimum atomic E-state index is -0.00700. The van der Waals surface area contributed by atoms with Crippen LogP contribution in [-0.4, -0.2) is 18.2 Å². The molecule has 1 heterocycles. The molecule has 100 valence electrons. The predicted molar refractivity (Wildman–Crippen MR) is 76.4 cm³/mol. The second kappa shape index (κ2) is 4.93. The molecule has 2 heteroatoms. The van der Waals surface area contributed by atoms with Gasteiger partial charge < -0.3 is 10.4 Å². The second-order valence-electron chi connectivity index (χ2n) is 6.53. The molecule has 0 amide bonds. The summed E-state index contributed by atoms with van der Waals surface area (Å²) < 4.78 is 0. The van der Waals surface area contributed by atoms with Crippen molar-refractivity contribution >= 4 is 0 Å². The number of aryl methyl sites for hydroxylation is 1. The molecule has 2 rings (SSSR count). The molecule has 0 spiro atoms. The van der Waals surface area contributed by atoms with Crippen molar-refractivity contribution in [1.29, 1.82) is 0 Å². The van der Waals surface area contributed by atoms with Crippen LogP contribution >= 0.6 is 0 Å². The summed E-state index contributed by atoms with van der Waals surface area (Å²) in [6.07, 6.45) is 2.50. The highest BCUT2D eigenvalue weighted by molar-refractivity contribution is 5.47. The minimum Gasteiger partial charge on any atom is -0.507 e. The van der Waals surface area contributed by atoms with Crippen molar-refractivity contribution in [2.75, 3.05) is 13.1 Å². The molecule has 0 radical (unpaired) electrons. The van der Waals surface area contributed by atoms with Crippen LogP contribution in [0.2, 0.25) is 0 Å². The molecule has 1 fully saturated rings. The molecule has 1 aliphatic heterocycles. The zero-order valence-electron chi connectivity index (χ0n) is 12.0. The van der Waals surface area contributed by atoms with Crippen molar-refractivity contribution in [3.05, 3.63) is 28.8 Å². The summed E-state index contributed by atoms with van der Waals surface area (Å²) in [7, 11) is 0. The van der Waals surface area contributed by atoms with Gasteiger partial charge in [-0.3, -0.25) is 0 Å². The van der Waals surface area contributed by atoms with Crippen LogP contribution in [0, 0.1) is 6.92 Å². The van der Waals surface area contributed by atoms with Crippen molar-refractivity contribution in [2.45, 2.75) is 51.9 Å². The highest BCUT2D eigenvalue weighted by Crippen LogP contribution is 2.36. The summed E-state index contributed by atoms with van der Waals surface area (Å²) in [5.74, 6) is 1.06. The molecule has 18 heavy (non-hydrogen) atoms. The molecule has 1 aromatic carbocycles. The number of piperidine rings is 1. The third kappa shape index (κ3) is 2.69. The van der Waals surface area contributed by atoms with E-state index in [2.05, 4.69) is 38.2 Å². The number of hydrogen-bond donors (Lipinski definition) is 2. The fourth-order valence-electron chi connectivity index (χ4n) is 2.75. The van der Waals surface area contributed by atoms with Gasteiger partial charge in [0.15, 0.2) is 0 Å². The van der Waals surface area contributed by atoms with E-state index in [1.807, 2.05) is 6.92 Å². The van der Waals surface area contributed by atoms with Crippen LogP contribution < -0.4 is 5.32 Å². The lowest BCUT2D eigenvalue weighted by Crippen LogP contribution is -2.28. The van der Waals surface area contributed by atoms with E-state index in [4.69, 9.17) is 0 Å². The van der Waals surface area contributed by atoms with Gasteiger partial charge in [0.25, 0.3) is 0 Å². The molecule has 0 aliphatic carbocycles. The van der Waals surface area contributed by atoms with Crippen LogP contribution in [0.4, 0.5) is 0 Å². The maximum atomic E-state index is 10.2. The van der Waals surface area contributed by atoms with E-state index in [9.17, 15) is 5.11 Å². The first-order valence-corrected chi connectivity index (χ1v) is 6.94. The summed E-state index contributed by atoms with van der Waals surface area (Å²) in [6.45, 7) is 10.7. The monoisotopic (exact) mass is 247 g/mol. The first-order valence-electron chi connectivity index (χ1n) is 6.94. The van der Waals surface area contributed by atoms with E-state index in [1.54, 1.807) is 0 Å².